The number of sulfonamides is 1. The highest BCUT2D eigenvalue weighted by molar-refractivity contribution is 7.88. The van der Waals surface area contributed by atoms with Crippen molar-refractivity contribution in [3.8, 4) is 0 Å². The van der Waals surface area contributed by atoms with E-state index in [2.05, 4.69) is 0 Å². The molecule has 0 atom stereocenters. The van der Waals surface area contributed by atoms with E-state index in [0.29, 0.717) is 26.2 Å². The van der Waals surface area contributed by atoms with Gasteiger partial charge in [0.15, 0.2) is 0 Å². The van der Waals surface area contributed by atoms with Crippen molar-refractivity contribution in [3.05, 3.63) is 28.5 Å². The van der Waals surface area contributed by atoms with Crippen LogP contribution in [0.15, 0.2) is 22.9 Å². The number of rotatable bonds is 3. The normalized spacial score (nSPS) is 22.2. The van der Waals surface area contributed by atoms with Crippen molar-refractivity contribution in [1.29, 1.82) is 0 Å². The van der Waals surface area contributed by atoms with Crippen LogP contribution in [0.2, 0.25) is 0 Å². The maximum atomic E-state index is 12.3. The first-order chi connectivity index (χ1) is 10.9. The fourth-order valence-corrected chi connectivity index (χ4v) is 4.99. The molecule has 0 unspecified atom stereocenters. The molecule has 2 fully saturated rings. The van der Waals surface area contributed by atoms with Gasteiger partial charge in [-0.25, -0.2) is 12.7 Å². The summed E-state index contributed by atoms with van der Waals surface area (Å²) in [7, 11) is -3.10. The number of hydrogen-bond acceptors (Lipinski definition) is 4. The smallest absolute Gasteiger partial charge is 0.246 e. The molecule has 1 amide bonds. The van der Waals surface area contributed by atoms with E-state index in [4.69, 9.17) is 0 Å². The van der Waals surface area contributed by atoms with Crippen LogP contribution in [0.25, 0.3) is 6.08 Å². The van der Waals surface area contributed by atoms with Crippen LogP contribution >= 0.6 is 11.3 Å². The molecule has 0 aliphatic carbocycles. The molecule has 3 rings (SSSR count). The number of piperidine rings is 1. The van der Waals surface area contributed by atoms with Gasteiger partial charge >= 0.3 is 0 Å². The Balaban J connectivity index is 1.55. The van der Waals surface area contributed by atoms with E-state index >= 15 is 0 Å². The molecule has 0 saturated carbocycles. The van der Waals surface area contributed by atoms with Gasteiger partial charge in [0.2, 0.25) is 15.9 Å². The number of thiophene rings is 1. The topological polar surface area (TPSA) is 57.7 Å². The van der Waals surface area contributed by atoms with Crippen LogP contribution in [0, 0.1) is 5.41 Å². The molecule has 0 radical (unpaired) electrons. The summed E-state index contributed by atoms with van der Waals surface area (Å²) >= 11 is 1.61. The average molecular weight is 354 g/mol. The fourth-order valence-electron chi connectivity index (χ4n) is 3.43. The number of likely N-dealkylation sites (tertiary alicyclic amines) is 1. The Morgan fingerprint density at radius 2 is 1.96 bits per heavy atom. The van der Waals surface area contributed by atoms with Gasteiger partial charge < -0.3 is 4.90 Å². The van der Waals surface area contributed by atoms with Gasteiger partial charge in [-0.2, -0.15) is 11.3 Å². The first-order valence-corrected chi connectivity index (χ1v) is 10.6. The van der Waals surface area contributed by atoms with Crippen molar-refractivity contribution in [2.45, 2.75) is 19.3 Å². The third-order valence-corrected chi connectivity index (χ3v) is 6.92. The molecule has 5 nitrogen and oxygen atoms in total. The quantitative estimate of drug-likeness (QED) is 0.781. The fraction of sp³-hybridized carbons (Fsp3) is 0.562. The van der Waals surface area contributed by atoms with Crippen molar-refractivity contribution < 1.29 is 13.2 Å². The molecule has 7 heteroatoms. The lowest BCUT2D eigenvalue weighted by atomic mass is 9.78. The summed E-state index contributed by atoms with van der Waals surface area (Å²) in [4.78, 5) is 14.1. The van der Waals surface area contributed by atoms with Crippen LogP contribution in [0.4, 0.5) is 0 Å². The zero-order valence-corrected chi connectivity index (χ0v) is 14.9. The van der Waals surface area contributed by atoms with Gasteiger partial charge in [0.05, 0.1) is 6.26 Å². The summed E-state index contributed by atoms with van der Waals surface area (Å²) < 4.78 is 24.9. The lowest BCUT2D eigenvalue weighted by molar-refractivity contribution is -0.128. The van der Waals surface area contributed by atoms with Crippen LogP contribution in [0.5, 0.6) is 0 Å². The van der Waals surface area contributed by atoms with E-state index in [-0.39, 0.29) is 11.3 Å². The van der Waals surface area contributed by atoms with E-state index in [0.717, 1.165) is 24.8 Å². The molecule has 0 aromatic carbocycles. The first-order valence-electron chi connectivity index (χ1n) is 7.82. The van der Waals surface area contributed by atoms with Crippen molar-refractivity contribution in [1.82, 2.24) is 9.21 Å². The predicted molar refractivity (Wildman–Crippen MR) is 92.6 cm³/mol. The van der Waals surface area contributed by atoms with Gasteiger partial charge in [-0.05, 0) is 53.1 Å². The molecule has 0 bridgehead atoms. The lowest BCUT2D eigenvalue weighted by Crippen LogP contribution is -2.44. The zero-order valence-electron chi connectivity index (χ0n) is 13.3. The predicted octanol–water partition coefficient (Wildman–Crippen LogP) is 2.04. The Bertz CT molecular complexity index is 687. The number of hydrogen-bond donors (Lipinski definition) is 0. The molecule has 1 spiro atoms. The maximum absolute atomic E-state index is 12.3. The largest absolute Gasteiger partial charge is 0.339 e. The van der Waals surface area contributed by atoms with E-state index in [1.165, 1.54) is 6.26 Å². The van der Waals surface area contributed by atoms with Crippen LogP contribution in [0.3, 0.4) is 0 Å². The highest BCUT2D eigenvalue weighted by Crippen LogP contribution is 2.41. The Labute approximate surface area is 141 Å². The standard InChI is InChI=1S/C16H22N2O3S2/c1-23(20,21)18-10-7-16(13-18)5-8-17(9-6-16)15(19)3-2-14-4-11-22-12-14/h2-4,11-12H,5-10,13H2,1H3. The summed E-state index contributed by atoms with van der Waals surface area (Å²) in [6.07, 6.45) is 7.45. The summed E-state index contributed by atoms with van der Waals surface area (Å²) in [5, 5.41) is 4.00. The van der Waals surface area contributed by atoms with Crippen molar-refractivity contribution in [2.75, 3.05) is 32.4 Å². The van der Waals surface area contributed by atoms with E-state index in [1.54, 1.807) is 21.7 Å². The number of amides is 1. The Morgan fingerprint density at radius 1 is 1.26 bits per heavy atom. The number of nitrogens with zero attached hydrogens (tertiary/aromatic N) is 2. The number of carbonyl (C=O) groups excluding carboxylic acids is 1. The second-order valence-electron chi connectivity index (χ2n) is 6.56. The maximum Gasteiger partial charge on any atom is 0.246 e. The molecule has 23 heavy (non-hydrogen) atoms. The number of carbonyl (C=O) groups is 1. The minimum absolute atomic E-state index is 0.0454. The van der Waals surface area contributed by atoms with Crippen LogP contribution in [0.1, 0.15) is 24.8 Å². The van der Waals surface area contributed by atoms with Crippen LogP contribution in [-0.2, 0) is 14.8 Å². The first kappa shape index (κ1) is 16.7. The zero-order chi connectivity index (χ0) is 16.5. The van der Waals surface area contributed by atoms with Crippen LogP contribution in [-0.4, -0.2) is 56.0 Å². The van der Waals surface area contributed by atoms with Crippen molar-refractivity contribution in [2.24, 2.45) is 5.41 Å². The van der Waals surface area contributed by atoms with Gasteiger partial charge in [0, 0.05) is 32.3 Å². The van der Waals surface area contributed by atoms with Gasteiger partial charge in [0.25, 0.3) is 0 Å². The monoisotopic (exact) mass is 354 g/mol. The minimum atomic E-state index is -3.10. The molecule has 1 aromatic rings. The van der Waals surface area contributed by atoms with E-state index < -0.39 is 10.0 Å². The third kappa shape index (κ3) is 3.84. The Kier molecular flexibility index (Phi) is 4.62. The molecule has 3 heterocycles. The summed E-state index contributed by atoms with van der Waals surface area (Å²) in [5.41, 5.74) is 1.12. The molecule has 2 aliphatic rings. The molecule has 2 aliphatic heterocycles. The molecule has 126 valence electrons. The highest BCUT2D eigenvalue weighted by Gasteiger charge is 2.43. The summed E-state index contributed by atoms with van der Waals surface area (Å²) in [6.45, 7) is 2.65. The highest BCUT2D eigenvalue weighted by atomic mass is 32.2. The summed E-state index contributed by atoms with van der Waals surface area (Å²) in [5.74, 6) is 0.0454. The van der Waals surface area contributed by atoms with Gasteiger partial charge in [0.1, 0.15) is 0 Å². The molecular formula is C16H22N2O3S2. The Morgan fingerprint density at radius 3 is 2.52 bits per heavy atom. The van der Waals surface area contributed by atoms with Gasteiger partial charge in [-0.15, -0.1) is 0 Å². The molecule has 1 aromatic heterocycles. The third-order valence-electron chi connectivity index (χ3n) is 4.97. The molecule has 0 N–H and O–H groups in total. The minimum Gasteiger partial charge on any atom is -0.339 e. The van der Waals surface area contributed by atoms with E-state index in [1.807, 2.05) is 27.8 Å². The SMILES string of the molecule is CS(=O)(=O)N1CCC2(CCN(C(=O)C=Cc3ccsc3)CC2)C1. The molecular weight excluding hydrogens is 332 g/mol. The second kappa shape index (κ2) is 6.37. The van der Waals surface area contributed by atoms with Gasteiger partial charge in [-0.1, -0.05) is 0 Å². The second-order valence-corrected chi connectivity index (χ2v) is 9.32. The van der Waals surface area contributed by atoms with Crippen molar-refractivity contribution in [3.63, 3.8) is 0 Å². The Hall–Kier alpha value is -1.18. The van der Waals surface area contributed by atoms with E-state index in [9.17, 15) is 13.2 Å². The van der Waals surface area contributed by atoms with Crippen LogP contribution < -0.4 is 0 Å². The lowest BCUT2D eigenvalue weighted by Gasteiger charge is -2.38. The summed E-state index contributed by atoms with van der Waals surface area (Å²) in [6, 6.07) is 1.98. The van der Waals surface area contributed by atoms with Crippen molar-refractivity contribution >= 4 is 33.3 Å². The average Bonchev–Trinajstić information content (AvgIpc) is 3.15. The molecule has 2 saturated heterocycles. The van der Waals surface area contributed by atoms with Gasteiger partial charge in [-0.3, -0.25) is 4.79 Å².